The fraction of sp³-hybridized carbons (Fsp3) is 0.500. The third-order valence-corrected chi connectivity index (χ3v) is 3.09. The standard InChI is InChI=1S/C14H21N3O/c1-11-16-13-10-12(6-7-14(13)18-11)17(3)9-5-4-8-15-2/h6-7,10,15H,4-5,8-9H2,1-3H3. The van der Waals surface area contributed by atoms with Crippen LogP contribution in [0, 0.1) is 6.92 Å². The predicted molar refractivity (Wildman–Crippen MR) is 75.2 cm³/mol. The average molecular weight is 247 g/mol. The zero-order chi connectivity index (χ0) is 13.0. The first-order valence-corrected chi connectivity index (χ1v) is 6.43. The predicted octanol–water partition coefficient (Wildman–Crippen LogP) is 2.57. The first kappa shape index (κ1) is 12.9. The van der Waals surface area contributed by atoms with Crippen LogP contribution < -0.4 is 10.2 Å². The van der Waals surface area contributed by atoms with E-state index in [0.717, 1.165) is 30.1 Å². The van der Waals surface area contributed by atoms with Gasteiger partial charge in [-0.1, -0.05) is 0 Å². The number of unbranched alkanes of at least 4 members (excludes halogenated alkanes) is 1. The molecule has 0 unspecified atom stereocenters. The van der Waals surface area contributed by atoms with Gasteiger partial charge >= 0.3 is 0 Å². The van der Waals surface area contributed by atoms with Crippen LogP contribution in [0.25, 0.3) is 11.1 Å². The summed E-state index contributed by atoms with van der Waals surface area (Å²) in [6.07, 6.45) is 2.39. The highest BCUT2D eigenvalue weighted by Crippen LogP contribution is 2.22. The van der Waals surface area contributed by atoms with Gasteiger partial charge < -0.3 is 14.6 Å². The molecule has 0 fully saturated rings. The van der Waals surface area contributed by atoms with Crippen LogP contribution in [0.2, 0.25) is 0 Å². The summed E-state index contributed by atoms with van der Waals surface area (Å²) in [6.45, 7) is 4.01. The number of oxazole rings is 1. The fourth-order valence-corrected chi connectivity index (χ4v) is 2.05. The van der Waals surface area contributed by atoms with Crippen molar-refractivity contribution < 1.29 is 4.42 Å². The van der Waals surface area contributed by atoms with Crippen LogP contribution in [0.3, 0.4) is 0 Å². The summed E-state index contributed by atoms with van der Waals surface area (Å²) in [5, 5.41) is 3.17. The van der Waals surface area contributed by atoms with Crippen molar-refractivity contribution in [2.75, 3.05) is 32.1 Å². The smallest absolute Gasteiger partial charge is 0.192 e. The zero-order valence-electron chi connectivity index (χ0n) is 11.4. The van der Waals surface area contributed by atoms with Crippen molar-refractivity contribution in [3.05, 3.63) is 24.1 Å². The second-order valence-electron chi connectivity index (χ2n) is 4.62. The number of hydrogen-bond acceptors (Lipinski definition) is 4. The molecule has 98 valence electrons. The minimum Gasteiger partial charge on any atom is -0.441 e. The zero-order valence-corrected chi connectivity index (χ0v) is 11.4. The second kappa shape index (κ2) is 5.87. The Bertz CT molecular complexity index is 507. The molecule has 0 radical (unpaired) electrons. The second-order valence-corrected chi connectivity index (χ2v) is 4.62. The normalized spacial score (nSPS) is 11.1. The highest BCUT2D eigenvalue weighted by molar-refractivity contribution is 5.77. The molecule has 0 atom stereocenters. The van der Waals surface area contributed by atoms with E-state index in [4.69, 9.17) is 4.42 Å². The van der Waals surface area contributed by atoms with Crippen molar-refractivity contribution in [1.29, 1.82) is 0 Å². The van der Waals surface area contributed by atoms with Gasteiger partial charge in [0.05, 0.1) is 0 Å². The first-order chi connectivity index (χ1) is 8.70. The van der Waals surface area contributed by atoms with Crippen molar-refractivity contribution in [3.8, 4) is 0 Å². The van der Waals surface area contributed by atoms with Crippen molar-refractivity contribution in [2.45, 2.75) is 19.8 Å². The molecule has 1 heterocycles. The summed E-state index contributed by atoms with van der Waals surface area (Å²) < 4.78 is 5.48. The topological polar surface area (TPSA) is 41.3 Å². The summed E-state index contributed by atoms with van der Waals surface area (Å²) in [4.78, 5) is 6.63. The molecule has 2 aromatic rings. The summed E-state index contributed by atoms with van der Waals surface area (Å²) >= 11 is 0. The number of benzene rings is 1. The Hall–Kier alpha value is -1.55. The van der Waals surface area contributed by atoms with Crippen molar-refractivity contribution in [1.82, 2.24) is 10.3 Å². The van der Waals surface area contributed by atoms with E-state index in [2.05, 4.69) is 34.4 Å². The van der Waals surface area contributed by atoms with E-state index in [1.54, 1.807) is 0 Å². The van der Waals surface area contributed by atoms with Crippen LogP contribution in [-0.4, -0.2) is 32.2 Å². The molecular weight excluding hydrogens is 226 g/mol. The maximum atomic E-state index is 5.48. The minimum absolute atomic E-state index is 0.721. The molecule has 4 nitrogen and oxygen atoms in total. The molecule has 0 amide bonds. The largest absolute Gasteiger partial charge is 0.441 e. The molecule has 4 heteroatoms. The fourth-order valence-electron chi connectivity index (χ4n) is 2.05. The van der Waals surface area contributed by atoms with Crippen LogP contribution >= 0.6 is 0 Å². The van der Waals surface area contributed by atoms with E-state index in [-0.39, 0.29) is 0 Å². The Morgan fingerprint density at radius 1 is 1.33 bits per heavy atom. The van der Waals surface area contributed by atoms with Gasteiger partial charge in [-0.2, -0.15) is 0 Å². The molecule has 0 saturated carbocycles. The van der Waals surface area contributed by atoms with Gasteiger partial charge in [-0.25, -0.2) is 4.98 Å². The number of nitrogens with zero attached hydrogens (tertiary/aromatic N) is 2. The Balaban J connectivity index is 2.01. The highest BCUT2D eigenvalue weighted by Gasteiger charge is 2.06. The molecule has 1 aromatic heterocycles. The Kier molecular flexibility index (Phi) is 4.20. The van der Waals surface area contributed by atoms with Gasteiger partial charge in [0.15, 0.2) is 11.5 Å². The SMILES string of the molecule is CNCCCCN(C)c1ccc2oc(C)nc2c1. The van der Waals surface area contributed by atoms with E-state index in [9.17, 15) is 0 Å². The molecule has 2 rings (SSSR count). The Morgan fingerprint density at radius 3 is 2.94 bits per heavy atom. The maximum absolute atomic E-state index is 5.48. The number of anilines is 1. The average Bonchev–Trinajstić information content (AvgIpc) is 2.73. The molecule has 18 heavy (non-hydrogen) atoms. The maximum Gasteiger partial charge on any atom is 0.192 e. The van der Waals surface area contributed by atoms with Crippen LogP contribution in [0.15, 0.2) is 22.6 Å². The number of rotatable bonds is 6. The molecule has 0 saturated heterocycles. The highest BCUT2D eigenvalue weighted by atomic mass is 16.3. The lowest BCUT2D eigenvalue weighted by Crippen LogP contribution is -2.19. The van der Waals surface area contributed by atoms with Gasteiger partial charge in [0, 0.05) is 26.2 Å². The number of fused-ring (bicyclic) bond motifs is 1. The lowest BCUT2D eigenvalue weighted by Gasteiger charge is -2.18. The van der Waals surface area contributed by atoms with E-state index in [1.807, 2.05) is 20.0 Å². The van der Waals surface area contributed by atoms with Gasteiger partial charge in [-0.15, -0.1) is 0 Å². The molecule has 0 bridgehead atoms. The number of nitrogens with one attached hydrogen (secondary N) is 1. The van der Waals surface area contributed by atoms with Gasteiger partial charge in [0.1, 0.15) is 5.52 Å². The van der Waals surface area contributed by atoms with Crippen LogP contribution in [0.1, 0.15) is 18.7 Å². The Morgan fingerprint density at radius 2 is 2.17 bits per heavy atom. The van der Waals surface area contributed by atoms with Crippen LogP contribution in [-0.2, 0) is 0 Å². The lowest BCUT2D eigenvalue weighted by atomic mass is 10.2. The van der Waals surface area contributed by atoms with Crippen LogP contribution in [0.5, 0.6) is 0 Å². The molecule has 0 spiro atoms. The summed E-state index contributed by atoms with van der Waals surface area (Å²) in [5.41, 5.74) is 2.99. The van der Waals surface area contributed by atoms with E-state index < -0.39 is 0 Å². The number of aromatic nitrogens is 1. The molecule has 1 aromatic carbocycles. The summed E-state index contributed by atoms with van der Waals surface area (Å²) in [7, 11) is 4.11. The van der Waals surface area contributed by atoms with Crippen LogP contribution in [0.4, 0.5) is 5.69 Å². The molecule has 1 N–H and O–H groups in total. The van der Waals surface area contributed by atoms with Gasteiger partial charge in [0.2, 0.25) is 0 Å². The van der Waals surface area contributed by atoms with Gasteiger partial charge in [-0.3, -0.25) is 0 Å². The first-order valence-electron chi connectivity index (χ1n) is 6.43. The third-order valence-electron chi connectivity index (χ3n) is 3.09. The number of aryl methyl sites for hydroxylation is 1. The number of hydrogen-bond donors (Lipinski definition) is 1. The molecular formula is C14H21N3O. The van der Waals surface area contributed by atoms with Crippen molar-refractivity contribution in [3.63, 3.8) is 0 Å². The minimum atomic E-state index is 0.721. The lowest BCUT2D eigenvalue weighted by molar-refractivity contribution is 0.561. The van der Waals surface area contributed by atoms with Crippen molar-refractivity contribution in [2.24, 2.45) is 0 Å². The van der Waals surface area contributed by atoms with Gasteiger partial charge in [0.25, 0.3) is 0 Å². The Labute approximate surface area is 108 Å². The van der Waals surface area contributed by atoms with E-state index in [0.29, 0.717) is 0 Å². The van der Waals surface area contributed by atoms with Gasteiger partial charge in [-0.05, 0) is 44.6 Å². The monoisotopic (exact) mass is 247 g/mol. The van der Waals surface area contributed by atoms with E-state index in [1.165, 1.54) is 18.5 Å². The molecule has 0 aliphatic heterocycles. The van der Waals surface area contributed by atoms with Crippen molar-refractivity contribution >= 4 is 16.8 Å². The summed E-state index contributed by atoms with van der Waals surface area (Å²) in [5.74, 6) is 0.721. The molecule has 0 aliphatic carbocycles. The third kappa shape index (κ3) is 3.01. The quantitative estimate of drug-likeness (QED) is 0.797. The van der Waals surface area contributed by atoms with E-state index >= 15 is 0 Å². The molecule has 0 aliphatic rings. The summed E-state index contributed by atoms with van der Waals surface area (Å²) in [6, 6.07) is 6.17.